The van der Waals surface area contributed by atoms with Crippen LogP contribution in [-0.4, -0.2) is 105 Å². The van der Waals surface area contributed by atoms with Gasteiger partial charge >= 0.3 is 17.8 Å². The number of H-pyrrole nitrogens is 1. The van der Waals surface area contributed by atoms with Crippen LogP contribution in [0.15, 0.2) is 65.6 Å². The summed E-state index contributed by atoms with van der Waals surface area (Å²) in [4.78, 5) is 67.7. The van der Waals surface area contributed by atoms with Crippen LogP contribution in [0, 0.1) is 12.8 Å². The molecule has 3 aliphatic heterocycles. The number of thiazole rings is 1. The first-order chi connectivity index (χ1) is 29.9. The summed E-state index contributed by atoms with van der Waals surface area (Å²) in [5.41, 5.74) is 7.08. The molecule has 62 heavy (non-hydrogen) atoms. The number of urea groups is 1. The molecule has 7 heterocycles. The zero-order chi connectivity index (χ0) is 43.1. The molecule has 322 valence electrons. The van der Waals surface area contributed by atoms with Crippen LogP contribution < -0.4 is 25.3 Å². The highest BCUT2D eigenvalue weighted by Crippen LogP contribution is 2.36. The molecule has 17 heteroatoms. The summed E-state index contributed by atoms with van der Waals surface area (Å²) in [6.45, 7) is 17.4. The molecule has 0 spiro atoms. The van der Waals surface area contributed by atoms with Gasteiger partial charge in [0.1, 0.15) is 22.0 Å². The first-order valence-electron chi connectivity index (χ1n) is 21.4. The fourth-order valence-electron chi connectivity index (χ4n) is 8.63. The molecule has 1 atom stereocenters. The Labute approximate surface area is 364 Å². The van der Waals surface area contributed by atoms with Crippen molar-refractivity contribution in [2.75, 3.05) is 67.1 Å². The zero-order valence-corrected chi connectivity index (χ0v) is 36.6. The first kappa shape index (κ1) is 41.2. The molecule has 4 amide bonds. The molecule has 9 rings (SSSR count). The van der Waals surface area contributed by atoms with E-state index in [1.807, 2.05) is 65.1 Å². The molecule has 2 aromatic carbocycles. The summed E-state index contributed by atoms with van der Waals surface area (Å²) in [5, 5.41) is 12.4. The number of anilines is 3. The predicted molar refractivity (Wildman–Crippen MR) is 240 cm³/mol. The van der Waals surface area contributed by atoms with Crippen LogP contribution in [0.5, 0.6) is 0 Å². The number of aromatic nitrogens is 6. The van der Waals surface area contributed by atoms with Crippen molar-refractivity contribution >= 4 is 56.6 Å². The Hall–Kier alpha value is -6.20. The van der Waals surface area contributed by atoms with Gasteiger partial charge in [-0.2, -0.15) is 4.98 Å². The second-order valence-corrected chi connectivity index (χ2v) is 18.6. The minimum atomic E-state index is -0.410. The summed E-state index contributed by atoms with van der Waals surface area (Å²) >= 11 is 1.69. The molecule has 0 bridgehead atoms. The summed E-state index contributed by atoms with van der Waals surface area (Å²) in [6.07, 6.45) is 6.20. The largest absolute Gasteiger partial charge is 0.372 e. The van der Waals surface area contributed by atoms with Crippen molar-refractivity contribution in [3.05, 3.63) is 83.9 Å². The molecule has 0 aliphatic carbocycles. The van der Waals surface area contributed by atoms with E-state index in [1.165, 1.54) is 10.7 Å². The van der Waals surface area contributed by atoms with E-state index in [0.717, 1.165) is 108 Å². The lowest BCUT2D eigenvalue weighted by atomic mass is 9.95. The van der Waals surface area contributed by atoms with Gasteiger partial charge in [-0.25, -0.2) is 19.7 Å². The van der Waals surface area contributed by atoms with E-state index < -0.39 is 5.91 Å². The van der Waals surface area contributed by atoms with Crippen LogP contribution in [0.3, 0.4) is 0 Å². The molecular formula is C45H52N12O4S. The molecule has 16 nitrogen and oxygen atoms in total. The fourth-order valence-corrected chi connectivity index (χ4v) is 9.57. The van der Waals surface area contributed by atoms with E-state index >= 15 is 0 Å². The van der Waals surface area contributed by atoms with Gasteiger partial charge in [0.15, 0.2) is 5.82 Å². The van der Waals surface area contributed by atoms with E-state index in [0.29, 0.717) is 24.7 Å². The standard InChI is InChI=1S/C45H52N12O4S/c1-27-22-30(6-11-33(27)28(2)49-40(59)41-52-43(53-61-41)45(3,4)5)38-34-23-35(50-39(34)48-26-47-38)42-46-24-37(62-42)56-20-18-54(19-21-56)25-29-12-15-55(16-13-29)31-7-9-32(10-8-31)57-17-14-36(58)51-44(57)60/h6-11,22-24,26,28-29H,12-21,25H2,1-5H3,(H,49,59)(H,47,48,50)(H,51,58,60)/t28-/m1/s1. The minimum Gasteiger partial charge on any atom is -0.372 e. The molecule has 3 aliphatic rings. The van der Waals surface area contributed by atoms with Gasteiger partial charge in [-0.05, 0) is 80.1 Å². The van der Waals surface area contributed by atoms with Crippen LogP contribution in [0.25, 0.3) is 33.0 Å². The summed E-state index contributed by atoms with van der Waals surface area (Å²) < 4.78 is 5.25. The van der Waals surface area contributed by atoms with Gasteiger partial charge in [0, 0.05) is 86.5 Å². The number of carbonyl (C=O) groups excluding carboxylic acids is 3. The van der Waals surface area contributed by atoms with Gasteiger partial charge in [-0.1, -0.05) is 49.4 Å². The van der Waals surface area contributed by atoms with Gasteiger partial charge < -0.3 is 24.6 Å². The Kier molecular flexibility index (Phi) is 11.2. The second kappa shape index (κ2) is 16.9. The van der Waals surface area contributed by atoms with E-state index in [4.69, 9.17) is 14.5 Å². The number of fused-ring (bicyclic) bond motifs is 1. The van der Waals surface area contributed by atoms with Crippen molar-refractivity contribution in [1.29, 1.82) is 0 Å². The molecule has 0 radical (unpaired) electrons. The number of piperazine rings is 1. The maximum atomic E-state index is 12.9. The smallest absolute Gasteiger partial charge is 0.328 e. The monoisotopic (exact) mass is 856 g/mol. The van der Waals surface area contributed by atoms with E-state index in [1.54, 1.807) is 22.6 Å². The quantitative estimate of drug-likeness (QED) is 0.133. The second-order valence-electron chi connectivity index (χ2n) is 17.6. The number of imide groups is 1. The molecule has 4 aromatic heterocycles. The number of piperidine rings is 1. The van der Waals surface area contributed by atoms with Gasteiger partial charge in [0.25, 0.3) is 0 Å². The molecule has 3 saturated heterocycles. The Morgan fingerprint density at radius 1 is 0.935 bits per heavy atom. The van der Waals surface area contributed by atoms with Crippen molar-refractivity contribution in [1.82, 2.24) is 45.6 Å². The van der Waals surface area contributed by atoms with Crippen molar-refractivity contribution in [2.24, 2.45) is 5.92 Å². The predicted octanol–water partition coefficient (Wildman–Crippen LogP) is 6.71. The Morgan fingerprint density at radius 2 is 1.69 bits per heavy atom. The molecule has 0 saturated carbocycles. The van der Waals surface area contributed by atoms with Crippen LogP contribution in [0.2, 0.25) is 0 Å². The molecule has 3 fully saturated rings. The van der Waals surface area contributed by atoms with Crippen LogP contribution in [0.4, 0.5) is 21.2 Å². The molecule has 6 aromatic rings. The number of nitrogens with one attached hydrogen (secondary N) is 3. The van der Waals surface area contributed by atoms with E-state index in [-0.39, 0.29) is 29.3 Å². The number of aryl methyl sites for hydroxylation is 1. The van der Waals surface area contributed by atoms with E-state index in [9.17, 15) is 14.4 Å². The third-order valence-corrected chi connectivity index (χ3v) is 13.3. The highest BCUT2D eigenvalue weighted by molar-refractivity contribution is 7.18. The third-order valence-electron chi connectivity index (χ3n) is 12.2. The van der Waals surface area contributed by atoms with Crippen LogP contribution >= 0.6 is 11.3 Å². The van der Waals surface area contributed by atoms with Crippen molar-refractivity contribution in [2.45, 2.75) is 65.3 Å². The maximum absolute atomic E-state index is 12.9. The van der Waals surface area contributed by atoms with Gasteiger partial charge in [0.2, 0.25) is 5.91 Å². The highest BCUT2D eigenvalue weighted by atomic mass is 32.1. The molecule has 3 N–H and O–H groups in total. The van der Waals surface area contributed by atoms with Gasteiger partial charge in [-0.3, -0.25) is 24.7 Å². The summed E-state index contributed by atoms with van der Waals surface area (Å²) in [7, 11) is 0. The fraction of sp³-hybridized carbons (Fsp3) is 0.422. The average Bonchev–Trinajstić information content (AvgIpc) is 4.05. The lowest BCUT2D eigenvalue weighted by Crippen LogP contribution is -2.49. The topological polar surface area (TPSA) is 182 Å². The lowest BCUT2D eigenvalue weighted by molar-refractivity contribution is -0.120. The number of hydrogen-bond acceptors (Lipinski definition) is 13. The zero-order valence-electron chi connectivity index (χ0n) is 35.8. The van der Waals surface area contributed by atoms with Crippen molar-refractivity contribution in [3.8, 4) is 22.0 Å². The Morgan fingerprint density at radius 3 is 2.40 bits per heavy atom. The van der Waals surface area contributed by atoms with Crippen molar-refractivity contribution in [3.63, 3.8) is 0 Å². The molecular weight excluding hydrogens is 805 g/mol. The highest BCUT2D eigenvalue weighted by Gasteiger charge is 2.28. The third kappa shape index (κ3) is 8.63. The number of aromatic amines is 1. The number of amides is 4. The number of nitrogens with zero attached hydrogens (tertiary/aromatic N) is 9. The van der Waals surface area contributed by atoms with Gasteiger partial charge in [0.05, 0.1) is 23.6 Å². The number of rotatable bonds is 10. The van der Waals surface area contributed by atoms with Crippen LogP contribution in [-0.2, 0) is 10.2 Å². The van der Waals surface area contributed by atoms with Gasteiger partial charge in [-0.15, -0.1) is 0 Å². The molecule has 0 unspecified atom stereocenters. The number of hydrogen-bond donors (Lipinski definition) is 3. The maximum Gasteiger partial charge on any atom is 0.328 e. The Balaban J connectivity index is 0.775. The lowest BCUT2D eigenvalue weighted by Gasteiger charge is -2.39. The van der Waals surface area contributed by atoms with Crippen LogP contribution in [0.1, 0.15) is 80.6 Å². The minimum absolute atomic E-state index is 0.0489. The SMILES string of the molecule is Cc1cc(-c2ncnc3[nH]c(-c4ncc(N5CCN(CC6CCN(c7ccc(N8CCC(=O)NC8=O)cc7)CC6)CC5)s4)cc23)ccc1[C@@H](C)NC(=O)c1nc(C(C)(C)C)no1. The normalized spacial score (nSPS) is 17.5. The number of benzene rings is 2. The summed E-state index contributed by atoms with van der Waals surface area (Å²) in [6, 6.07) is 15.7. The van der Waals surface area contributed by atoms with E-state index in [2.05, 4.69) is 69.7 Å². The Bertz CT molecular complexity index is 2600. The average molecular weight is 857 g/mol. The summed E-state index contributed by atoms with van der Waals surface area (Å²) in [5.74, 6) is 0.474. The number of carbonyl (C=O) groups is 3. The first-order valence-corrected chi connectivity index (χ1v) is 22.2. The van der Waals surface area contributed by atoms with Crippen molar-refractivity contribution < 1.29 is 18.9 Å².